The molecular weight excluding hydrogens is 459 g/mol. The summed E-state index contributed by atoms with van der Waals surface area (Å²) < 4.78 is 15.0. The number of nitrogens with zero attached hydrogens (tertiary/aromatic N) is 3. The van der Waals surface area contributed by atoms with Crippen LogP contribution < -0.4 is 5.32 Å². The van der Waals surface area contributed by atoms with E-state index in [2.05, 4.69) is 10.4 Å². The van der Waals surface area contributed by atoms with E-state index in [4.69, 9.17) is 11.6 Å². The van der Waals surface area contributed by atoms with Crippen molar-refractivity contribution in [2.24, 2.45) is 7.05 Å². The standard InChI is InChI=1S/C25H20ClFN4O3/c1-30-23(11-20(29-30)18-7-6-16(27)8-19(18)26)28-21-9-17(32)10-22(33)24(21)25(34)31-12-14-4-2-3-5-15(14)13-31/h2-11,28,32-33H,12-13H2,1H3. The molecule has 0 aliphatic carbocycles. The van der Waals surface area contributed by atoms with E-state index >= 15 is 0 Å². The number of phenolic OH excluding ortho intramolecular Hbond substituents is 2. The van der Waals surface area contributed by atoms with Crippen molar-refractivity contribution in [2.75, 3.05) is 5.32 Å². The highest BCUT2D eigenvalue weighted by molar-refractivity contribution is 6.33. The summed E-state index contributed by atoms with van der Waals surface area (Å²) in [6.07, 6.45) is 0. The van der Waals surface area contributed by atoms with Gasteiger partial charge in [0, 0.05) is 43.9 Å². The lowest BCUT2D eigenvalue weighted by molar-refractivity contribution is 0.0749. The predicted molar refractivity (Wildman–Crippen MR) is 127 cm³/mol. The second-order valence-electron chi connectivity index (χ2n) is 8.10. The number of aryl methyl sites for hydroxylation is 1. The van der Waals surface area contributed by atoms with Gasteiger partial charge in [0.2, 0.25) is 0 Å². The predicted octanol–water partition coefficient (Wildman–Crippen LogP) is 5.19. The quantitative estimate of drug-likeness (QED) is 0.375. The van der Waals surface area contributed by atoms with Gasteiger partial charge in [-0.15, -0.1) is 0 Å². The zero-order chi connectivity index (χ0) is 24.0. The molecule has 0 saturated carbocycles. The van der Waals surface area contributed by atoms with Gasteiger partial charge in [-0.3, -0.25) is 9.48 Å². The fourth-order valence-corrected chi connectivity index (χ4v) is 4.39. The average Bonchev–Trinajstić information content (AvgIpc) is 3.37. The zero-order valence-corrected chi connectivity index (χ0v) is 18.8. The number of anilines is 2. The molecule has 4 aromatic rings. The molecule has 34 heavy (non-hydrogen) atoms. The highest BCUT2D eigenvalue weighted by Crippen LogP contribution is 2.37. The molecule has 0 unspecified atom stereocenters. The SMILES string of the molecule is Cn1nc(-c2ccc(F)cc2Cl)cc1Nc1cc(O)cc(O)c1C(=O)N1Cc2ccccc2C1. The summed E-state index contributed by atoms with van der Waals surface area (Å²) in [5.74, 6) is -0.901. The van der Waals surface area contributed by atoms with Crippen LogP contribution in [-0.2, 0) is 20.1 Å². The molecule has 1 aliphatic rings. The van der Waals surface area contributed by atoms with Gasteiger partial charge in [0.1, 0.15) is 28.7 Å². The van der Waals surface area contributed by atoms with Crippen LogP contribution in [0.1, 0.15) is 21.5 Å². The third kappa shape index (κ3) is 3.92. The molecule has 1 aromatic heterocycles. The first kappa shape index (κ1) is 21.8. The summed E-state index contributed by atoms with van der Waals surface area (Å²) >= 11 is 6.18. The first-order valence-corrected chi connectivity index (χ1v) is 10.9. The monoisotopic (exact) mass is 478 g/mol. The molecule has 0 saturated heterocycles. The Morgan fingerprint density at radius 1 is 1.06 bits per heavy atom. The molecule has 172 valence electrons. The summed E-state index contributed by atoms with van der Waals surface area (Å²) in [6, 6.07) is 16.0. The number of hydrogen-bond acceptors (Lipinski definition) is 5. The number of aromatic nitrogens is 2. The van der Waals surface area contributed by atoms with Crippen LogP contribution in [0, 0.1) is 5.82 Å². The number of fused-ring (bicyclic) bond motifs is 1. The van der Waals surface area contributed by atoms with Crippen LogP contribution in [0.15, 0.2) is 60.7 Å². The Bertz CT molecular complexity index is 1410. The molecular formula is C25H20ClFN4O3. The molecule has 5 rings (SSSR count). The zero-order valence-electron chi connectivity index (χ0n) is 18.1. The summed E-state index contributed by atoms with van der Waals surface area (Å²) in [6.45, 7) is 0.849. The Kier molecular flexibility index (Phi) is 5.37. The third-order valence-electron chi connectivity index (χ3n) is 5.79. The van der Waals surface area contributed by atoms with Crippen molar-refractivity contribution in [2.45, 2.75) is 13.1 Å². The van der Waals surface area contributed by atoms with Crippen LogP contribution in [-0.4, -0.2) is 30.8 Å². The van der Waals surface area contributed by atoms with Gasteiger partial charge >= 0.3 is 0 Å². The number of hydrogen-bond donors (Lipinski definition) is 3. The van der Waals surface area contributed by atoms with Crippen molar-refractivity contribution < 1.29 is 19.4 Å². The van der Waals surface area contributed by atoms with E-state index in [-0.39, 0.29) is 33.7 Å². The Balaban J connectivity index is 1.49. The van der Waals surface area contributed by atoms with Crippen molar-refractivity contribution in [3.8, 4) is 22.8 Å². The summed E-state index contributed by atoms with van der Waals surface area (Å²) in [4.78, 5) is 15.0. The lowest BCUT2D eigenvalue weighted by Gasteiger charge is -2.19. The van der Waals surface area contributed by atoms with E-state index in [9.17, 15) is 19.4 Å². The van der Waals surface area contributed by atoms with Crippen LogP contribution in [0.25, 0.3) is 11.3 Å². The lowest BCUT2D eigenvalue weighted by atomic mass is 10.1. The van der Waals surface area contributed by atoms with E-state index in [0.29, 0.717) is 30.2 Å². The highest BCUT2D eigenvalue weighted by atomic mass is 35.5. The largest absolute Gasteiger partial charge is 0.508 e. The molecule has 0 radical (unpaired) electrons. The molecule has 1 aliphatic heterocycles. The Morgan fingerprint density at radius 3 is 2.44 bits per heavy atom. The van der Waals surface area contributed by atoms with Crippen LogP contribution in [0.4, 0.5) is 15.9 Å². The summed E-state index contributed by atoms with van der Waals surface area (Å²) in [5, 5.41) is 28.4. The topological polar surface area (TPSA) is 90.6 Å². The molecule has 0 spiro atoms. The van der Waals surface area contributed by atoms with Crippen molar-refractivity contribution >= 4 is 29.0 Å². The minimum Gasteiger partial charge on any atom is -0.508 e. The Labute approximate surface area is 199 Å². The maximum absolute atomic E-state index is 13.4. The first-order chi connectivity index (χ1) is 16.3. The molecule has 3 aromatic carbocycles. The maximum atomic E-state index is 13.4. The number of nitrogens with one attached hydrogen (secondary N) is 1. The van der Waals surface area contributed by atoms with E-state index in [1.165, 1.54) is 28.9 Å². The van der Waals surface area contributed by atoms with Gasteiger partial charge in [-0.25, -0.2) is 4.39 Å². The van der Waals surface area contributed by atoms with Gasteiger partial charge < -0.3 is 20.4 Å². The fourth-order valence-electron chi connectivity index (χ4n) is 4.12. The number of phenols is 2. The Morgan fingerprint density at radius 2 is 1.76 bits per heavy atom. The number of benzene rings is 3. The second kappa shape index (κ2) is 8.39. The van der Waals surface area contributed by atoms with E-state index < -0.39 is 5.82 Å². The lowest BCUT2D eigenvalue weighted by Crippen LogP contribution is -2.26. The molecule has 1 amide bonds. The van der Waals surface area contributed by atoms with Gasteiger partial charge in [-0.05, 0) is 29.3 Å². The van der Waals surface area contributed by atoms with Gasteiger partial charge in [-0.2, -0.15) is 5.10 Å². The smallest absolute Gasteiger partial charge is 0.260 e. The molecule has 0 bridgehead atoms. The number of halogens is 2. The number of amides is 1. The van der Waals surface area contributed by atoms with Crippen molar-refractivity contribution in [1.82, 2.24) is 14.7 Å². The van der Waals surface area contributed by atoms with Crippen molar-refractivity contribution in [1.29, 1.82) is 0 Å². The van der Waals surface area contributed by atoms with Crippen LogP contribution in [0.2, 0.25) is 5.02 Å². The average molecular weight is 479 g/mol. The van der Waals surface area contributed by atoms with E-state index in [1.54, 1.807) is 18.0 Å². The fraction of sp³-hybridized carbons (Fsp3) is 0.120. The molecule has 2 heterocycles. The van der Waals surface area contributed by atoms with Crippen LogP contribution in [0.3, 0.4) is 0 Å². The van der Waals surface area contributed by atoms with Crippen molar-refractivity contribution in [3.05, 3.63) is 88.2 Å². The Hall–Kier alpha value is -4.04. The van der Waals surface area contributed by atoms with Gasteiger partial charge in [0.15, 0.2) is 0 Å². The summed E-state index contributed by atoms with van der Waals surface area (Å²) in [5.41, 5.74) is 3.39. The maximum Gasteiger partial charge on any atom is 0.260 e. The molecule has 0 atom stereocenters. The molecule has 0 fully saturated rings. The highest BCUT2D eigenvalue weighted by Gasteiger charge is 2.28. The van der Waals surface area contributed by atoms with Gasteiger partial charge in [0.25, 0.3) is 5.91 Å². The van der Waals surface area contributed by atoms with E-state index in [0.717, 1.165) is 17.2 Å². The third-order valence-corrected chi connectivity index (χ3v) is 6.11. The number of carbonyl (C=O) groups is 1. The number of rotatable bonds is 4. The summed E-state index contributed by atoms with van der Waals surface area (Å²) in [7, 11) is 1.69. The first-order valence-electron chi connectivity index (χ1n) is 10.5. The van der Waals surface area contributed by atoms with E-state index in [1.807, 2.05) is 24.3 Å². The van der Waals surface area contributed by atoms with Crippen LogP contribution >= 0.6 is 11.6 Å². The molecule has 9 heteroatoms. The second-order valence-corrected chi connectivity index (χ2v) is 8.51. The van der Waals surface area contributed by atoms with Gasteiger partial charge in [0.05, 0.1) is 16.4 Å². The minimum absolute atomic E-state index is 0.0353. The molecule has 3 N–H and O–H groups in total. The van der Waals surface area contributed by atoms with Gasteiger partial charge in [-0.1, -0.05) is 35.9 Å². The minimum atomic E-state index is -0.453. The van der Waals surface area contributed by atoms with Crippen LogP contribution in [0.5, 0.6) is 11.5 Å². The number of carbonyl (C=O) groups excluding carboxylic acids is 1. The normalized spacial score (nSPS) is 12.6. The molecule has 7 nitrogen and oxygen atoms in total. The van der Waals surface area contributed by atoms with Crippen molar-refractivity contribution in [3.63, 3.8) is 0 Å². The number of aromatic hydroxyl groups is 2.